The molecule has 3 atom stereocenters. The maximum Gasteiger partial charge on any atom is 0.308 e. The number of halogens is 2. The van der Waals surface area contributed by atoms with Crippen LogP contribution in [-0.2, 0) is 26.2 Å². The van der Waals surface area contributed by atoms with Gasteiger partial charge in [0, 0.05) is 32.0 Å². The maximum absolute atomic E-state index is 13.0. The molecule has 4 rings (SSSR count). The van der Waals surface area contributed by atoms with Gasteiger partial charge in [-0.3, -0.25) is 9.59 Å². The topological polar surface area (TPSA) is 67.9 Å². The first-order chi connectivity index (χ1) is 16.7. The van der Waals surface area contributed by atoms with Crippen molar-refractivity contribution >= 4 is 35.1 Å². The van der Waals surface area contributed by atoms with E-state index in [0.29, 0.717) is 15.8 Å². The molecule has 2 aromatic rings. The predicted molar refractivity (Wildman–Crippen MR) is 137 cm³/mol. The lowest BCUT2D eigenvalue weighted by Gasteiger charge is -2.59. The van der Waals surface area contributed by atoms with Crippen molar-refractivity contribution in [1.82, 2.24) is 10.2 Å². The van der Waals surface area contributed by atoms with Gasteiger partial charge in [0.1, 0.15) is 5.75 Å². The number of likely N-dealkylation sites (tertiary alicyclic amines) is 1. The van der Waals surface area contributed by atoms with E-state index in [2.05, 4.69) is 23.3 Å². The Hall–Kier alpha value is -2.12. The van der Waals surface area contributed by atoms with Crippen LogP contribution in [0.1, 0.15) is 43.7 Å². The molecular weight excluding hydrogens is 487 g/mol. The average Bonchev–Trinajstić information content (AvgIpc) is 2.81. The van der Waals surface area contributed by atoms with Crippen molar-refractivity contribution in [3.63, 3.8) is 0 Å². The molecule has 1 heterocycles. The van der Waals surface area contributed by atoms with Gasteiger partial charge in [0.15, 0.2) is 0 Å². The van der Waals surface area contributed by atoms with E-state index in [4.69, 9.17) is 32.7 Å². The second-order valence-corrected chi connectivity index (χ2v) is 10.6. The highest BCUT2D eigenvalue weighted by atomic mass is 35.5. The minimum Gasteiger partial charge on any atom is -0.427 e. The van der Waals surface area contributed by atoms with E-state index in [1.165, 1.54) is 6.92 Å². The van der Waals surface area contributed by atoms with Gasteiger partial charge in [-0.2, -0.15) is 0 Å². The fraction of sp³-hybridized carbons (Fsp3) is 0.481. The number of carbonyl (C=O) groups excluding carboxylic acids is 2. The molecule has 2 aromatic carbocycles. The molecule has 6 nitrogen and oxygen atoms in total. The van der Waals surface area contributed by atoms with E-state index in [9.17, 15) is 9.59 Å². The minimum absolute atomic E-state index is 0.00525. The number of ether oxygens (including phenoxy) is 2. The number of fused-ring (bicyclic) bond motifs is 1. The number of rotatable bonds is 6. The lowest BCUT2D eigenvalue weighted by Crippen LogP contribution is -2.67. The predicted octanol–water partition coefficient (Wildman–Crippen LogP) is 4.79. The molecule has 2 aliphatic rings. The molecule has 1 saturated carbocycles. The average molecular weight is 519 g/mol. The van der Waals surface area contributed by atoms with Gasteiger partial charge in [0.05, 0.1) is 22.1 Å². The van der Waals surface area contributed by atoms with Crippen LogP contribution < -0.4 is 10.1 Å². The summed E-state index contributed by atoms with van der Waals surface area (Å²) in [6.45, 7) is 3.11. The number of methoxy groups -OCH3 is 1. The van der Waals surface area contributed by atoms with Gasteiger partial charge < -0.3 is 19.7 Å². The first-order valence-electron chi connectivity index (χ1n) is 11.9. The number of nitrogens with zero attached hydrogens (tertiary/aromatic N) is 1. The highest BCUT2D eigenvalue weighted by Crippen LogP contribution is 2.53. The summed E-state index contributed by atoms with van der Waals surface area (Å²) >= 11 is 12.1. The molecule has 0 radical (unpaired) electrons. The fourth-order valence-electron chi connectivity index (χ4n) is 5.96. The summed E-state index contributed by atoms with van der Waals surface area (Å²) < 4.78 is 11.7. The van der Waals surface area contributed by atoms with Crippen molar-refractivity contribution in [2.75, 3.05) is 27.2 Å². The van der Waals surface area contributed by atoms with E-state index in [1.54, 1.807) is 25.3 Å². The molecule has 0 spiro atoms. The molecule has 1 aliphatic heterocycles. The lowest BCUT2D eigenvalue weighted by atomic mass is 9.55. The number of carbonyl (C=O) groups is 2. The van der Waals surface area contributed by atoms with Gasteiger partial charge in [-0.05, 0) is 74.7 Å². The van der Waals surface area contributed by atoms with Gasteiger partial charge in [0.2, 0.25) is 5.91 Å². The summed E-state index contributed by atoms with van der Waals surface area (Å²) in [6.07, 6.45) is 3.48. The molecule has 0 bridgehead atoms. The molecule has 1 saturated heterocycles. The summed E-state index contributed by atoms with van der Waals surface area (Å²) in [7, 11) is 3.90. The molecule has 35 heavy (non-hydrogen) atoms. The second-order valence-electron chi connectivity index (χ2n) is 9.82. The van der Waals surface area contributed by atoms with Gasteiger partial charge in [0.25, 0.3) is 0 Å². The summed E-state index contributed by atoms with van der Waals surface area (Å²) in [4.78, 5) is 26.9. The van der Waals surface area contributed by atoms with Crippen molar-refractivity contribution in [2.45, 2.75) is 56.1 Å². The van der Waals surface area contributed by atoms with Crippen LogP contribution in [0.4, 0.5) is 0 Å². The number of hydrogen-bond donors (Lipinski definition) is 1. The minimum atomic E-state index is -0.403. The standard InChI is InChI=1S/C27H32Cl2N2O4/c1-18(32)35-22-6-4-5-20(15-22)26-11-12-31(2)17-27(26,34-3)10-9-21(16-26)30-25(33)14-19-7-8-23(28)24(29)13-19/h4-8,13,15,21H,9-12,14,16-17H2,1-3H3,(H,30,33)/t21-,26-,27-/m0/s1. The second kappa shape index (κ2) is 10.5. The van der Waals surface area contributed by atoms with E-state index in [0.717, 1.165) is 49.9 Å². The Morgan fingerprint density at radius 2 is 1.94 bits per heavy atom. The van der Waals surface area contributed by atoms with E-state index >= 15 is 0 Å². The van der Waals surface area contributed by atoms with Crippen molar-refractivity contribution in [1.29, 1.82) is 0 Å². The largest absolute Gasteiger partial charge is 0.427 e. The Bertz CT molecular complexity index is 1110. The number of piperidine rings is 1. The van der Waals surface area contributed by atoms with E-state index in [1.807, 2.05) is 18.2 Å². The monoisotopic (exact) mass is 518 g/mol. The summed E-state index contributed by atoms with van der Waals surface area (Å²) in [6, 6.07) is 13.0. The molecular formula is C27H32Cl2N2O4. The zero-order valence-electron chi connectivity index (χ0n) is 20.4. The quantitative estimate of drug-likeness (QED) is 0.439. The smallest absolute Gasteiger partial charge is 0.308 e. The molecule has 1 aliphatic carbocycles. The fourth-order valence-corrected chi connectivity index (χ4v) is 6.28. The van der Waals surface area contributed by atoms with Crippen molar-refractivity contribution in [3.8, 4) is 5.75 Å². The zero-order chi connectivity index (χ0) is 25.2. The van der Waals surface area contributed by atoms with Crippen LogP contribution in [0.3, 0.4) is 0 Å². The number of likely N-dealkylation sites (N-methyl/N-ethyl adjacent to an activating group) is 1. The third-order valence-electron chi connectivity index (χ3n) is 7.56. The Morgan fingerprint density at radius 1 is 1.14 bits per heavy atom. The van der Waals surface area contributed by atoms with Gasteiger partial charge in [-0.1, -0.05) is 41.4 Å². The van der Waals surface area contributed by atoms with Crippen molar-refractivity contribution in [2.24, 2.45) is 0 Å². The number of amides is 1. The van der Waals surface area contributed by atoms with E-state index < -0.39 is 5.60 Å². The third kappa shape index (κ3) is 5.36. The zero-order valence-corrected chi connectivity index (χ0v) is 21.9. The first kappa shape index (κ1) is 26.0. The van der Waals surface area contributed by atoms with Crippen LogP contribution in [-0.4, -0.2) is 55.7 Å². The van der Waals surface area contributed by atoms with Gasteiger partial charge in [-0.15, -0.1) is 0 Å². The molecule has 1 amide bonds. The summed E-state index contributed by atoms with van der Waals surface area (Å²) in [5, 5.41) is 4.17. The van der Waals surface area contributed by atoms with Crippen molar-refractivity contribution in [3.05, 3.63) is 63.6 Å². The highest BCUT2D eigenvalue weighted by molar-refractivity contribution is 6.42. The Kier molecular flexibility index (Phi) is 7.77. The molecule has 2 fully saturated rings. The normalized spacial score (nSPS) is 26.6. The number of hydrogen-bond acceptors (Lipinski definition) is 5. The Balaban J connectivity index is 1.60. The van der Waals surface area contributed by atoms with Crippen LogP contribution in [0.2, 0.25) is 10.0 Å². The van der Waals surface area contributed by atoms with Crippen LogP contribution in [0.15, 0.2) is 42.5 Å². The molecule has 1 N–H and O–H groups in total. The number of esters is 1. The maximum atomic E-state index is 13.0. The summed E-state index contributed by atoms with van der Waals surface area (Å²) in [5.41, 5.74) is 1.17. The molecule has 8 heteroatoms. The van der Waals surface area contributed by atoms with Crippen LogP contribution in [0.25, 0.3) is 0 Å². The van der Waals surface area contributed by atoms with E-state index in [-0.39, 0.29) is 29.8 Å². The molecule has 0 aromatic heterocycles. The third-order valence-corrected chi connectivity index (χ3v) is 8.30. The first-order valence-corrected chi connectivity index (χ1v) is 12.7. The number of benzene rings is 2. The molecule has 188 valence electrons. The SMILES string of the molecule is CO[C@]12CC[C@H](NC(=O)Cc3ccc(Cl)c(Cl)c3)C[C@]1(c1cccc(OC(C)=O)c1)CCN(C)C2. The highest BCUT2D eigenvalue weighted by Gasteiger charge is 2.58. The Labute approximate surface area is 216 Å². The number of nitrogens with one attached hydrogen (secondary N) is 1. The Morgan fingerprint density at radius 3 is 2.66 bits per heavy atom. The van der Waals surface area contributed by atoms with Gasteiger partial charge >= 0.3 is 5.97 Å². The van der Waals surface area contributed by atoms with Crippen LogP contribution in [0.5, 0.6) is 5.75 Å². The van der Waals surface area contributed by atoms with Gasteiger partial charge in [-0.25, -0.2) is 0 Å². The molecule has 0 unspecified atom stereocenters. The van der Waals surface area contributed by atoms with Crippen molar-refractivity contribution < 1.29 is 19.1 Å². The lowest BCUT2D eigenvalue weighted by molar-refractivity contribution is -0.147. The summed E-state index contributed by atoms with van der Waals surface area (Å²) in [5.74, 6) is 0.131. The van der Waals surface area contributed by atoms with Crippen LogP contribution >= 0.6 is 23.2 Å². The van der Waals surface area contributed by atoms with Crippen LogP contribution in [0, 0.1) is 0 Å².